The average Bonchev–Trinajstić information content (AvgIpc) is 2.78. The number of thiazole rings is 1. The van der Waals surface area contributed by atoms with Crippen LogP contribution in [0.1, 0.15) is 44.0 Å². The van der Waals surface area contributed by atoms with E-state index in [4.69, 9.17) is 4.98 Å². The highest BCUT2D eigenvalue weighted by molar-refractivity contribution is 7.15. The van der Waals surface area contributed by atoms with Crippen LogP contribution >= 0.6 is 11.3 Å². The van der Waals surface area contributed by atoms with Gasteiger partial charge < -0.3 is 5.32 Å². The Morgan fingerprint density at radius 1 is 1.14 bits per heavy atom. The van der Waals surface area contributed by atoms with Gasteiger partial charge in [0, 0.05) is 23.2 Å². The molecule has 0 aliphatic rings. The molecule has 2 heterocycles. The predicted octanol–water partition coefficient (Wildman–Crippen LogP) is 4.21. The number of rotatable bonds is 6. The number of nitrogens with zero attached hydrogens (tertiary/aromatic N) is 2. The van der Waals surface area contributed by atoms with E-state index in [-0.39, 0.29) is 0 Å². The Hall–Kier alpha value is -1.26. The molecule has 0 aliphatic carbocycles. The summed E-state index contributed by atoms with van der Waals surface area (Å²) in [5, 5.41) is 4.54. The molecule has 1 N–H and O–H groups in total. The molecule has 0 amide bonds. The smallest absolute Gasteiger partial charge is 0.142 e. The number of hydrogen-bond donors (Lipinski definition) is 1. The molecule has 0 atom stereocenters. The molecule has 21 heavy (non-hydrogen) atoms. The summed E-state index contributed by atoms with van der Waals surface area (Å²) in [6, 6.07) is 6.60. The molecule has 0 saturated carbocycles. The molecule has 0 spiro atoms. The maximum absolute atomic E-state index is 4.86. The van der Waals surface area contributed by atoms with Gasteiger partial charge in [0.05, 0.1) is 11.4 Å². The lowest BCUT2D eigenvalue weighted by molar-refractivity contribution is 0.581. The number of aryl methyl sites for hydroxylation is 1. The molecule has 0 aromatic carbocycles. The minimum Gasteiger partial charge on any atom is -0.310 e. The van der Waals surface area contributed by atoms with Crippen LogP contribution in [0, 0.1) is 12.8 Å². The van der Waals surface area contributed by atoms with E-state index in [1.54, 1.807) is 11.3 Å². The van der Waals surface area contributed by atoms with Crippen molar-refractivity contribution in [3.05, 3.63) is 34.5 Å². The summed E-state index contributed by atoms with van der Waals surface area (Å²) < 4.78 is 0. The Labute approximate surface area is 131 Å². The van der Waals surface area contributed by atoms with Crippen LogP contribution in [0.3, 0.4) is 0 Å². The van der Waals surface area contributed by atoms with Crippen molar-refractivity contribution in [2.24, 2.45) is 5.92 Å². The van der Waals surface area contributed by atoms with Crippen LogP contribution < -0.4 is 5.32 Å². The van der Waals surface area contributed by atoms with Gasteiger partial charge in [-0.1, -0.05) is 33.8 Å². The van der Waals surface area contributed by atoms with Gasteiger partial charge >= 0.3 is 0 Å². The van der Waals surface area contributed by atoms with Gasteiger partial charge in [-0.05, 0) is 31.4 Å². The van der Waals surface area contributed by atoms with Crippen LogP contribution in [0.2, 0.25) is 0 Å². The van der Waals surface area contributed by atoms with E-state index in [0.717, 1.165) is 29.4 Å². The summed E-state index contributed by atoms with van der Waals surface area (Å²) in [4.78, 5) is 10.8. The molecule has 2 rings (SSSR count). The van der Waals surface area contributed by atoms with Crippen molar-refractivity contribution < 1.29 is 0 Å². The second kappa shape index (κ2) is 7.14. The molecule has 0 saturated heterocycles. The van der Waals surface area contributed by atoms with Crippen LogP contribution in [0.5, 0.6) is 0 Å². The molecule has 3 nitrogen and oxygen atoms in total. The third-order valence-corrected chi connectivity index (χ3v) is 4.28. The average molecular weight is 303 g/mol. The molecule has 0 fully saturated rings. The minimum atomic E-state index is 0.486. The molecule has 0 radical (unpaired) electrons. The van der Waals surface area contributed by atoms with E-state index >= 15 is 0 Å². The van der Waals surface area contributed by atoms with Gasteiger partial charge in [0.1, 0.15) is 5.01 Å². The third-order valence-electron chi connectivity index (χ3n) is 3.16. The first kappa shape index (κ1) is 16.1. The normalized spacial score (nSPS) is 11.6. The molecule has 2 aromatic heterocycles. The number of hydrogen-bond acceptors (Lipinski definition) is 4. The standard InChI is InChI=1S/C17H25N3S/c1-11(2)9-15-16(10-18-12(3)4)21-17(20-15)14-8-6-7-13(5)19-14/h6-8,11-12,18H,9-10H2,1-5H3. The molecule has 114 valence electrons. The molecule has 0 unspecified atom stereocenters. The van der Waals surface area contributed by atoms with Crippen molar-refractivity contribution >= 4 is 11.3 Å². The topological polar surface area (TPSA) is 37.8 Å². The first-order valence-corrected chi connectivity index (χ1v) is 8.43. The Morgan fingerprint density at radius 2 is 1.90 bits per heavy atom. The molecule has 0 aliphatic heterocycles. The minimum absolute atomic E-state index is 0.486. The summed E-state index contributed by atoms with van der Waals surface area (Å²) >= 11 is 1.77. The highest BCUT2D eigenvalue weighted by Crippen LogP contribution is 2.28. The van der Waals surface area contributed by atoms with Gasteiger partial charge in [0.15, 0.2) is 0 Å². The molecule has 4 heteroatoms. The van der Waals surface area contributed by atoms with Crippen LogP contribution in [0.15, 0.2) is 18.2 Å². The molecular weight excluding hydrogens is 278 g/mol. The summed E-state index contributed by atoms with van der Waals surface area (Å²) in [7, 11) is 0. The fraction of sp³-hybridized carbons (Fsp3) is 0.529. The monoisotopic (exact) mass is 303 g/mol. The largest absolute Gasteiger partial charge is 0.310 e. The number of nitrogens with one attached hydrogen (secondary N) is 1. The quantitative estimate of drug-likeness (QED) is 0.868. The van der Waals surface area contributed by atoms with Crippen molar-refractivity contribution in [2.75, 3.05) is 0 Å². The van der Waals surface area contributed by atoms with E-state index < -0.39 is 0 Å². The third kappa shape index (κ3) is 4.61. The fourth-order valence-electron chi connectivity index (χ4n) is 2.14. The van der Waals surface area contributed by atoms with Gasteiger partial charge in [-0.25, -0.2) is 4.98 Å². The van der Waals surface area contributed by atoms with Gasteiger partial charge in [0.2, 0.25) is 0 Å². The Morgan fingerprint density at radius 3 is 2.52 bits per heavy atom. The Bertz CT molecular complexity index is 587. The highest BCUT2D eigenvalue weighted by Gasteiger charge is 2.14. The predicted molar refractivity (Wildman–Crippen MR) is 90.6 cm³/mol. The molecule has 0 bridgehead atoms. The van der Waals surface area contributed by atoms with Gasteiger partial charge in [-0.2, -0.15) is 0 Å². The lowest BCUT2D eigenvalue weighted by Gasteiger charge is -2.08. The molecule has 2 aromatic rings. The lowest BCUT2D eigenvalue weighted by atomic mass is 10.1. The second-order valence-electron chi connectivity index (χ2n) is 6.19. The summed E-state index contributed by atoms with van der Waals surface area (Å²) in [5.74, 6) is 0.614. The maximum atomic E-state index is 4.86. The van der Waals surface area contributed by atoms with Crippen molar-refractivity contribution in [1.29, 1.82) is 0 Å². The Kier molecular flexibility index (Phi) is 5.48. The van der Waals surface area contributed by atoms with E-state index in [2.05, 4.69) is 38.0 Å². The second-order valence-corrected chi connectivity index (χ2v) is 7.27. The Balaban J connectivity index is 2.30. The molecular formula is C17H25N3S. The van der Waals surface area contributed by atoms with Crippen LogP contribution in [0.4, 0.5) is 0 Å². The van der Waals surface area contributed by atoms with E-state index in [1.165, 1.54) is 10.6 Å². The van der Waals surface area contributed by atoms with Gasteiger partial charge in [-0.15, -0.1) is 11.3 Å². The number of pyridine rings is 1. The zero-order valence-corrected chi connectivity index (χ0v) is 14.4. The van der Waals surface area contributed by atoms with Gasteiger partial charge in [0.25, 0.3) is 0 Å². The van der Waals surface area contributed by atoms with E-state index in [1.807, 2.05) is 25.1 Å². The van der Waals surface area contributed by atoms with Crippen molar-refractivity contribution in [2.45, 2.75) is 53.6 Å². The van der Waals surface area contributed by atoms with Crippen LogP contribution in [-0.2, 0) is 13.0 Å². The first-order valence-electron chi connectivity index (χ1n) is 7.61. The van der Waals surface area contributed by atoms with Gasteiger partial charge in [-0.3, -0.25) is 4.98 Å². The lowest BCUT2D eigenvalue weighted by Crippen LogP contribution is -2.22. The maximum Gasteiger partial charge on any atom is 0.142 e. The van der Waals surface area contributed by atoms with Crippen molar-refractivity contribution in [3.8, 4) is 10.7 Å². The highest BCUT2D eigenvalue weighted by atomic mass is 32.1. The fourth-order valence-corrected chi connectivity index (χ4v) is 3.15. The summed E-state index contributed by atoms with van der Waals surface area (Å²) in [5.41, 5.74) is 3.25. The SMILES string of the molecule is Cc1cccc(-c2nc(CC(C)C)c(CNC(C)C)s2)n1. The van der Waals surface area contributed by atoms with Crippen LogP contribution in [-0.4, -0.2) is 16.0 Å². The van der Waals surface area contributed by atoms with E-state index in [9.17, 15) is 0 Å². The zero-order valence-electron chi connectivity index (χ0n) is 13.6. The van der Waals surface area contributed by atoms with Crippen molar-refractivity contribution in [1.82, 2.24) is 15.3 Å². The first-order chi connectivity index (χ1) is 9.95. The number of aromatic nitrogens is 2. The van der Waals surface area contributed by atoms with Crippen LogP contribution in [0.25, 0.3) is 10.7 Å². The summed E-state index contributed by atoms with van der Waals surface area (Å²) in [6.45, 7) is 11.7. The summed E-state index contributed by atoms with van der Waals surface area (Å²) in [6.07, 6.45) is 1.03. The van der Waals surface area contributed by atoms with E-state index in [0.29, 0.717) is 12.0 Å². The zero-order chi connectivity index (χ0) is 15.4. The van der Waals surface area contributed by atoms with Crippen molar-refractivity contribution in [3.63, 3.8) is 0 Å².